The second-order valence-electron chi connectivity index (χ2n) is 6.41. The van der Waals surface area contributed by atoms with Gasteiger partial charge in [0.15, 0.2) is 0 Å². The van der Waals surface area contributed by atoms with E-state index >= 15 is 0 Å². The number of amides is 3. The van der Waals surface area contributed by atoms with Crippen molar-refractivity contribution in [1.29, 1.82) is 0 Å². The van der Waals surface area contributed by atoms with Crippen LogP contribution in [-0.2, 0) is 9.59 Å². The van der Waals surface area contributed by atoms with Crippen molar-refractivity contribution in [3.05, 3.63) is 42.0 Å². The molecule has 4 rings (SSSR count). The summed E-state index contributed by atoms with van der Waals surface area (Å²) in [5.74, 6) is -0.754. The van der Waals surface area contributed by atoms with Crippen molar-refractivity contribution < 1.29 is 19.1 Å². The van der Waals surface area contributed by atoms with Crippen LogP contribution in [0.1, 0.15) is 23.7 Å². The number of nitrogens with one attached hydrogen (secondary N) is 1. The Bertz CT molecular complexity index is 710. The van der Waals surface area contributed by atoms with Crippen LogP contribution in [0.3, 0.4) is 0 Å². The highest BCUT2D eigenvalue weighted by Gasteiger charge is 2.59. The van der Waals surface area contributed by atoms with Crippen LogP contribution in [0.25, 0.3) is 0 Å². The molecule has 0 unspecified atom stereocenters. The number of hydrogen-bond acceptors (Lipinski definition) is 4. The Kier molecular flexibility index (Phi) is 3.40. The van der Waals surface area contributed by atoms with Gasteiger partial charge < -0.3 is 4.74 Å². The number of hydrazine groups is 1. The third-order valence-electron chi connectivity index (χ3n) is 5.11. The average Bonchev–Trinajstić information content (AvgIpc) is 3.26. The molecule has 1 aromatic carbocycles. The maximum absolute atomic E-state index is 12.5. The first-order valence-corrected chi connectivity index (χ1v) is 8.20. The maximum Gasteiger partial charge on any atom is 0.270 e. The Morgan fingerprint density at radius 1 is 1.12 bits per heavy atom. The summed E-state index contributed by atoms with van der Waals surface area (Å²) in [4.78, 5) is 37.4. The van der Waals surface area contributed by atoms with Gasteiger partial charge in [-0.1, -0.05) is 12.2 Å². The molecule has 1 heterocycles. The first-order valence-electron chi connectivity index (χ1n) is 8.20. The number of benzene rings is 1. The Morgan fingerprint density at radius 2 is 1.71 bits per heavy atom. The van der Waals surface area contributed by atoms with Gasteiger partial charge in [0, 0.05) is 5.56 Å². The fraction of sp³-hybridized carbons (Fsp3) is 0.389. The van der Waals surface area contributed by atoms with E-state index in [-0.39, 0.29) is 35.5 Å². The molecule has 1 saturated carbocycles. The standard InChI is InChI=1S/C18H18N2O4/c1-2-24-13-7-5-10(6-8-13)16(21)19-20-17(22)14-11-3-4-12(9-11)15(14)18(20)23/h3-8,11-12,14-15H,2,9H2,1H3,(H,19,21)/t11-,12+,14+,15-. The summed E-state index contributed by atoms with van der Waals surface area (Å²) >= 11 is 0. The summed E-state index contributed by atoms with van der Waals surface area (Å²) in [5, 5.41) is 0.917. The van der Waals surface area contributed by atoms with Crippen molar-refractivity contribution >= 4 is 17.7 Å². The van der Waals surface area contributed by atoms with E-state index in [1.807, 2.05) is 19.1 Å². The summed E-state index contributed by atoms with van der Waals surface area (Å²) in [7, 11) is 0. The molecular weight excluding hydrogens is 308 g/mol. The normalized spacial score (nSPS) is 30.0. The molecule has 1 aliphatic heterocycles. The van der Waals surface area contributed by atoms with E-state index in [1.165, 1.54) is 0 Å². The summed E-state index contributed by atoms with van der Waals surface area (Å²) in [6.45, 7) is 2.42. The highest BCUT2D eigenvalue weighted by molar-refractivity contribution is 6.08. The number of imide groups is 1. The summed E-state index contributed by atoms with van der Waals surface area (Å²) in [6.07, 6.45) is 4.91. The van der Waals surface area contributed by atoms with E-state index in [2.05, 4.69) is 5.43 Å². The van der Waals surface area contributed by atoms with E-state index in [9.17, 15) is 14.4 Å². The molecule has 4 atom stereocenters. The smallest absolute Gasteiger partial charge is 0.270 e. The Labute approximate surface area is 139 Å². The third-order valence-corrected chi connectivity index (χ3v) is 5.11. The van der Waals surface area contributed by atoms with Crippen LogP contribution in [0.5, 0.6) is 5.75 Å². The number of allylic oxidation sites excluding steroid dienone is 2. The van der Waals surface area contributed by atoms with Gasteiger partial charge in [0.05, 0.1) is 18.4 Å². The molecule has 2 bridgehead atoms. The fourth-order valence-corrected chi connectivity index (χ4v) is 4.05. The minimum atomic E-state index is -0.472. The zero-order valence-corrected chi connectivity index (χ0v) is 13.3. The van der Waals surface area contributed by atoms with Crippen molar-refractivity contribution in [3.8, 4) is 5.75 Å². The van der Waals surface area contributed by atoms with Crippen LogP contribution >= 0.6 is 0 Å². The van der Waals surface area contributed by atoms with E-state index in [0.717, 1.165) is 11.4 Å². The van der Waals surface area contributed by atoms with E-state index < -0.39 is 5.91 Å². The molecule has 2 fully saturated rings. The second-order valence-corrected chi connectivity index (χ2v) is 6.41. The fourth-order valence-electron chi connectivity index (χ4n) is 4.05. The van der Waals surface area contributed by atoms with Crippen molar-refractivity contribution in [2.45, 2.75) is 13.3 Å². The summed E-state index contributed by atoms with van der Waals surface area (Å²) in [6, 6.07) is 6.59. The van der Waals surface area contributed by atoms with Gasteiger partial charge in [0.2, 0.25) is 0 Å². The monoisotopic (exact) mass is 326 g/mol. The van der Waals surface area contributed by atoms with Crippen LogP contribution in [0.15, 0.2) is 36.4 Å². The molecule has 1 aromatic rings. The summed E-state index contributed by atoms with van der Waals surface area (Å²) < 4.78 is 5.33. The number of ether oxygens (including phenoxy) is 1. The SMILES string of the molecule is CCOc1ccc(C(=O)NN2C(=O)[C@@H]3[C@H](C2=O)[C@H]2C=C[C@@H]3C2)cc1. The largest absolute Gasteiger partial charge is 0.494 e. The predicted octanol–water partition coefficient (Wildman–Crippen LogP) is 1.54. The van der Waals surface area contributed by atoms with E-state index in [0.29, 0.717) is 17.9 Å². The molecule has 0 radical (unpaired) electrons. The third kappa shape index (κ3) is 2.13. The number of carbonyl (C=O) groups excluding carboxylic acids is 3. The average molecular weight is 326 g/mol. The minimum Gasteiger partial charge on any atom is -0.494 e. The van der Waals surface area contributed by atoms with Gasteiger partial charge in [-0.25, -0.2) is 0 Å². The van der Waals surface area contributed by atoms with Crippen LogP contribution in [0.4, 0.5) is 0 Å². The number of nitrogens with zero attached hydrogens (tertiary/aromatic N) is 1. The lowest BCUT2D eigenvalue weighted by molar-refractivity contribution is -0.143. The molecule has 6 nitrogen and oxygen atoms in total. The van der Waals surface area contributed by atoms with Crippen molar-refractivity contribution in [1.82, 2.24) is 10.4 Å². The lowest BCUT2D eigenvalue weighted by atomic mass is 9.85. The zero-order chi connectivity index (χ0) is 16.8. The van der Waals surface area contributed by atoms with Crippen molar-refractivity contribution in [2.75, 3.05) is 6.61 Å². The predicted molar refractivity (Wildman–Crippen MR) is 84.6 cm³/mol. The number of rotatable bonds is 4. The summed E-state index contributed by atoms with van der Waals surface area (Å²) in [5.41, 5.74) is 2.84. The zero-order valence-electron chi connectivity index (χ0n) is 13.3. The molecular formula is C18H18N2O4. The molecule has 1 saturated heterocycles. The quantitative estimate of drug-likeness (QED) is 0.673. The lowest BCUT2D eigenvalue weighted by Gasteiger charge is -2.18. The lowest BCUT2D eigenvalue weighted by Crippen LogP contribution is -2.47. The van der Waals surface area contributed by atoms with Crippen LogP contribution in [0.2, 0.25) is 0 Å². The van der Waals surface area contributed by atoms with Gasteiger partial charge in [0.25, 0.3) is 17.7 Å². The molecule has 1 N–H and O–H groups in total. The van der Waals surface area contributed by atoms with E-state index in [4.69, 9.17) is 4.74 Å². The van der Waals surface area contributed by atoms with Crippen molar-refractivity contribution in [2.24, 2.45) is 23.7 Å². The highest BCUT2D eigenvalue weighted by Crippen LogP contribution is 2.52. The Balaban J connectivity index is 1.48. The Morgan fingerprint density at radius 3 is 2.25 bits per heavy atom. The number of hydrogen-bond donors (Lipinski definition) is 1. The number of fused-ring (bicyclic) bond motifs is 5. The first kappa shape index (κ1) is 14.9. The van der Waals surface area contributed by atoms with Gasteiger partial charge in [-0.15, -0.1) is 0 Å². The van der Waals surface area contributed by atoms with Crippen LogP contribution < -0.4 is 10.2 Å². The Hall–Kier alpha value is -2.63. The van der Waals surface area contributed by atoms with Gasteiger partial charge >= 0.3 is 0 Å². The van der Waals surface area contributed by atoms with Gasteiger partial charge in [-0.2, -0.15) is 5.01 Å². The van der Waals surface area contributed by atoms with Gasteiger partial charge in [0.1, 0.15) is 5.75 Å². The first-order chi connectivity index (χ1) is 11.6. The maximum atomic E-state index is 12.5. The molecule has 6 heteroatoms. The number of carbonyl (C=O) groups is 3. The van der Waals surface area contributed by atoms with Gasteiger partial charge in [-0.05, 0) is 49.4 Å². The second kappa shape index (κ2) is 5.47. The van der Waals surface area contributed by atoms with Crippen molar-refractivity contribution in [3.63, 3.8) is 0 Å². The molecule has 0 spiro atoms. The molecule has 0 aromatic heterocycles. The van der Waals surface area contributed by atoms with E-state index in [1.54, 1.807) is 24.3 Å². The van der Waals surface area contributed by atoms with Gasteiger partial charge in [-0.3, -0.25) is 19.8 Å². The molecule has 124 valence electrons. The molecule has 2 aliphatic carbocycles. The highest BCUT2D eigenvalue weighted by atomic mass is 16.5. The molecule has 3 aliphatic rings. The van der Waals surface area contributed by atoms with Crippen LogP contribution in [-0.4, -0.2) is 29.3 Å². The topological polar surface area (TPSA) is 75.7 Å². The minimum absolute atomic E-state index is 0.129. The van der Waals surface area contributed by atoms with Crippen LogP contribution in [0, 0.1) is 23.7 Å². The molecule has 3 amide bonds. The molecule has 24 heavy (non-hydrogen) atoms.